The summed E-state index contributed by atoms with van der Waals surface area (Å²) in [4.78, 5) is 11.9. The van der Waals surface area contributed by atoms with E-state index in [9.17, 15) is 4.79 Å². The number of ether oxygens (including phenoxy) is 1. The zero-order valence-electron chi connectivity index (χ0n) is 11.4. The van der Waals surface area contributed by atoms with E-state index in [2.05, 4.69) is 11.3 Å². The molecule has 2 N–H and O–H groups in total. The Morgan fingerprint density at radius 1 is 1.44 bits per heavy atom. The fourth-order valence-electron chi connectivity index (χ4n) is 1.79. The largest absolute Gasteiger partial charge is 0.459 e. The molecule has 0 aliphatic carbocycles. The molecule has 0 saturated carbocycles. The molecule has 1 atom stereocenters. The molecule has 0 aromatic carbocycles. The molecule has 0 spiro atoms. The molecule has 1 unspecified atom stereocenters. The summed E-state index contributed by atoms with van der Waals surface area (Å²) < 4.78 is 9.43. The van der Waals surface area contributed by atoms with Crippen molar-refractivity contribution in [3.8, 4) is 0 Å². The van der Waals surface area contributed by atoms with Crippen LogP contribution in [0.5, 0.6) is 0 Å². The van der Waals surface area contributed by atoms with Gasteiger partial charge in [-0.1, -0.05) is 26.2 Å². The molecule has 0 radical (unpaired) electrons. The summed E-state index contributed by atoms with van der Waals surface area (Å²) in [5, 5.41) is 0.440. The van der Waals surface area contributed by atoms with Crippen molar-refractivity contribution in [2.24, 2.45) is 0 Å². The van der Waals surface area contributed by atoms with Crippen LogP contribution in [0.4, 0.5) is 5.00 Å². The first-order valence-electron chi connectivity index (χ1n) is 6.49. The van der Waals surface area contributed by atoms with Crippen molar-refractivity contribution in [2.45, 2.75) is 59.0 Å². The monoisotopic (exact) mass is 270 g/mol. The minimum Gasteiger partial charge on any atom is -0.459 e. The van der Waals surface area contributed by atoms with Crippen LogP contribution >= 0.6 is 11.5 Å². The highest BCUT2D eigenvalue weighted by Gasteiger charge is 2.19. The second-order valence-corrected chi connectivity index (χ2v) is 5.38. The maximum absolute atomic E-state index is 11.9. The van der Waals surface area contributed by atoms with Gasteiger partial charge in [-0.25, -0.2) is 4.79 Å². The SMILES string of the molecule is CCCCCCC(C)OC(=O)c1c(C)nsc1N. The van der Waals surface area contributed by atoms with Gasteiger partial charge < -0.3 is 10.5 Å². The van der Waals surface area contributed by atoms with Crippen molar-refractivity contribution in [2.75, 3.05) is 5.73 Å². The minimum absolute atomic E-state index is 0.0620. The summed E-state index contributed by atoms with van der Waals surface area (Å²) in [6.07, 6.45) is 5.58. The number of nitrogens with zero attached hydrogens (tertiary/aromatic N) is 1. The summed E-state index contributed by atoms with van der Waals surface area (Å²) in [6, 6.07) is 0. The molecular weight excluding hydrogens is 248 g/mol. The molecule has 102 valence electrons. The molecule has 18 heavy (non-hydrogen) atoms. The Hall–Kier alpha value is -1.10. The Morgan fingerprint density at radius 3 is 2.72 bits per heavy atom. The van der Waals surface area contributed by atoms with Crippen molar-refractivity contribution in [3.05, 3.63) is 11.3 Å². The Morgan fingerprint density at radius 2 is 2.17 bits per heavy atom. The van der Waals surface area contributed by atoms with E-state index in [1.165, 1.54) is 19.3 Å². The normalized spacial score (nSPS) is 12.4. The maximum atomic E-state index is 11.9. The number of hydrogen-bond donors (Lipinski definition) is 1. The van der Waals surface area contributed by atoms with Crippen LogP contribution in [0, 0.1) is 6.92 Å². The molecule has 0 amide bonds. The van der Waals surface area contributed by atoms with Crippen LogP contribution in [0.3, 0.4) is 0 Å². The average molecular weight is 270 g/mol. The molecule has 0 bridgehead atoms. The van der Waals surface area contributed by atoms with Crippen molar-refractivity contribution in [1.29, 1.82) is 0 Å². The molecule has 1 rings (SSSR count). The van der Waals surface area contributed by atoms with E-state index in [0.717, 1.165) is 24.4 Å². The third kappa shape index (κ3) is 4.29. The van der Waals surface area contributed by atoms with E-state index in [1.807, 2.05) is 6.92 Å². The van der Waals surface area contributed by atoms with Crippen LogP contribution in [0.15, 0.2) is 0 Å². The lowest BCUT2D eigenvalue weighted by Crippen LogP contribution is -2.16. The third-order valence-corrected chi connectivity index (χ3v) is 3.63. The third-order valence-electron chi connectivity index (χ3n) is 2.87. The second kappa shape index (κ2) is 7.36. The van der Waals surface area contributed by atoms with Gasteiger partial charge >= 0.3 is 5.97 Å². The number of anilines is 1. The number of nitrogen functional groups attached to an aromatic ring is 1. The number of carbonyl (C=O) groups excluding carboxylic acids is 1. The van der Waals surface area contributed by atoms with Gasteiger partial charge in [0.15, 0.2) is 0 Å². The fourth-order valence-corrected chi connectivity index (χ4v) is 2.44. The summed E-state index contributed by atoms with van der Waals surface area (Å²) in [5.74, 6) is -0.346. The van der Waals surface area contributed by atoms with Crippen molar-refractivity contribution in [3.63, 3.8) is 0 Å². The summed E-state index contributed by atoms with van der Waals surface area (Å²) in [7, 11) is 0. The highest BCUT2D eigenvalue weighted by molar-refractivity contribution is 7.10. The van der Waals surface area contributed by atoms with E-state index in [-0.39, 0.29) is 12.1 Å². The van der Waals surface area contributed by atoms with Crippen LogP contribution in [-0.4, -0.2) is 16.4 Å². The van der Waals surface area contributed by atoms with Crippen LogP contribution in [0.2, 0.25) is 0 Å². The number of unbranched alkanes of at least 4 members (excludes halogenated alkanes) is 3. The van der Waals surface area contributed by atoms with Crippen LogP contribution in [-0.2, 0) is 4.74 Å². The Balaban J connectivity index is 2.40. The minimum atomic E-state index is -0.346. The topological polar surface area (TPSA) is 65.2 Å². The summed E-state index contributed by atoms with van der Waals surface area (Å²) >= 11 is 1.14. The van der Waals surface area contributed by atoms with E-state index in [0.29, 0.717) is 16.3 Å². The number of rotatable bonds is 7. The zero-order chi connectivity index (χ0) is 13.5. The van der Waals surface area contributed by atoms with Crippen molar-refractivity contribution >= 4 is 22.5 Å². The Kier molecular flexibility index (Phi) is 6.12. The van der Waals surface area contributed by atoms with Gasteiger partial charge in [0, 0.05) is 0 Å². The molecule has 5 heteroatoms. The molecular formula is C13H22N2O2S. The zero-order valence-corrected chi connectivity index (χ0v) is 12.2. The van der Waals surface area contributed by atoms with Gasteiger partial charge in [-0.15, -0.1) is 0 Å². The van der Waals surface area contributed by atoms with E-state index >= 15 is 0 Å². The van der Waals surface area contributed by atoms with Gasteiger partial charge in [0.05, 0.1) is 11.8 Å². The first-order valence-corrected chi connectivity index (χ1v) is 7.26. The number of nitrogens with two attached hydrogens (primary N) is 1. The predicted octanol–water partition coefficient (Wildman–Crippen LogP) is 3.55. The van der Waals surface area contributed by atoms with Crippen molar-refractivity contribution < 1.29 is 9.53 Å². The highest BCUT2D eigenvalue weighted by atomic mass is 32.1. The predicted molar refractivity (Wildman–Crippen MR) is 74.9 cm³/mol. The molecule has 1 heterocycles. The number of esters is 1. The van der Waals surface area contributed by atoms with Gasteiger partial charge in [-0.05, 0) is 38.2 Å². The first-order chi connectivity index (χ1) is 8.56. The van der Waals surface area contributed by atoms with Gasteiger partial charge in [0.25, 0.3) is 0 Å². The molecule has 1 aromatic rings. The first kappa shape index (κ1) is 15.0. The standard InChI is InChI=1S/C13H22N2O2S/c1-4-5-6-7-8-9(2)17-13(16)11-10(3)15-18-12(11)14/h9H,4-8,14H2,1-3H3. The Labute approximate surface area is 113 Å². The van der Waals surface area contributed by atoms with Crippen LogP contribution in [0.25, 0.3) is 0 Å². The number of carbonyl (C=O) groups is 1. The van der Waals surface area contributed by atoms with E-state index in [4.69, 9.17) is 10.5 Å². The molecule has 0 fully saturated rings. The number of aromatic nitrogens is 1. The van der Waals surface area contributed by atoms with Gasteiger partial charge in [0.2, 0.25) is 0 Å². The lowest BCUT2D eigenvalue weighted by Gasteiger charge is -2.13. The summed E-state index contributed by atoms with van der Waals surface area (Å²) in [6.45, 7) is 5.88. The lowest BCUT2D eigenvalue weighted by molar-refractivity contribution is 0.0320. The smallest absolute Gasteiger partial charge is 0.343 e. The quantitative estimate of drug-likeness (QED) is 0.608. The second-order valence-electron chi connectivity index (χ2n) is 4.57. The van der Waals surface area contributed by atoms with Gasteiger partial charge in [-0.3, -0.25) is 0 Å². The van der Waals surface area contributed by atoms with Gasteiger partial charge in [0.1, 0.15) is 10.6 Å². The van der Waals surface area contributed by atoms with Crippen LogP contribution in [0.1, 0.15) is 62.0 Å². The summed E-state index contributed by atoms with van der Waals surface area (Å²) in [5.41, 5.74) is 6.80. The lowest BCUT2D eigenvalue weighted by atomic mass is 10.1. The highest BCUT2D eigenvalue weighted by Crippen LogP contribution is 2.22. The van der Waals surface area contributed by atoms with Crippen molar-refractivity contribution in [1.82, 2.24) is 4.37 Å². The fraction of sp³-hybridized carbons (Fsp3) is 0.692. The average Bonchev–Trinajstić information content (AvgIpc) is 2.64. The van der Waals surface area contributed by atoms with Crippen LogP contribution < -0.4 is 5.73 Å². The molecule has 0 aliphatic rings. The molecule has 4 nitrogen and oxygen atoms in total. The molecule has 0 saturated heterocycles. The van der Waals surface area contributed by atoms with E-state index < -0.39 is 0 Å². The number of aryl methyl sites for hydroxylation is 1. The maximum Gasteiger partial charge on any atom is 0.343 e. The Bertz CT molecular complexity index is 371. The van der Waals surface area contributed by atoms with E-state index in [1.54, 1.807) is 6.92 Å². The molecule has 1 aromatic heterocycles. The van der Waals surface area contributed by atoms with Gasteiger partial charge in [-0.2, -0.15) is 4.37 Å². The molecule has 0 aliphatic heterocycles. The number of hydrogen-bond acceptors (Lipinski definition) is 5.